The highest BCUT2D eigenvalue weighted by atomic mass is 16.5. The van der Waals surface area contributed by atoms with Crippen molar-refractivity contribution >= 4 is 0 Å². The smallest absolute Gasteiger partial charge is 0.0754 e. The van der Waals surface area contributed by atoms with Gasteiger partial charge in [-0.1, -0.05) is 5.21 Å². The highest BCUT2D eigenvalue weighted by Crippen LogP contribution is 2.13. The zero-order chi connectivity index (χ0) is 11.8. The van der Waals surface area contributed by atoms with Crippen molar-refractivity contribution in [2.24, 2.45) is 7.05 Å². The van der Waals surface area contributed by atoms with Crippen LogP contribution in [-0.2, 0) is 16.5 Å². The second kappa shape index (κ2) is 7.32. The van der Waals surface area contributed by atoms with Crippen LogP contribution in [0.5, 0.6) is 0 Å². The van der Waals surface area contributed by atoms with Crippen LogP contribution >= 0.6 is 0 Å². The number of methoxy groups -OCH3 is 1. The van der Waals surface area contributed by atoms with Gasteiger partial charge in [-0.2, -0.15) is 0 Å². The Kier molecular flexibility index (Phi) is 5.99. The van der Waals surface area contributed by atoms with Crippen molar-refractivity contribution in [1.82, 2.24) is 20.3 Å². The highest BCUT2D eigenvalue weighted by molar-refractivity contribution is 5.01. The molecule has 0 aliphatic carbocycles. The lowest BCUT2D eigenvalue weighted by molar-refractivity contribution is 0.0658. The molecule has 0 spiro atoms. The van der Waals surface area contributed by atoms with E-state index in [4.69, 9.17) is 9.47 Å². The molecule has 6 heteroatoms. The number of nitrogens with one attached hydrogen (secondary N) is 1. The number of aryl methyl sites for hydroxylation is 1. The summed E-state index contributed by atoms with van der Waals surface area (Å²) >= 11 is 0. The van der Waals surface area contributed by atoms with Crippen LogP contribution in [0.25, 0.3) is 0 Å². The Hall–Kier alpha value is -0.980. The lowest BCUT2D eigenvalue weighted by atomic mass is 10.1. The molecule has 0 fully saturated rings. The third-order valence-electron chi connectivity index (χ3n) is 2.44. The zero-order valence-corrected chi connectivity index (χ0v) is 10.1. The van der Waals surface area contributed by atoms with Gasteiger partial charge in [0.25, 0.3) is 0 Å². The minimum atomic E-state index is 0.225. The number of aromatic nitrogens is 3. The topological polar surface area (TPSA) is 61.2 Å². The van der Waals surface area contributed by atoms with E-state index in [9.17, 15) is 0 Å². The molecule has 0 saturated carbocycles. The van der Waals surface area contributed by atoms with Gasteiger partial charge in [-0.15, -0.1) is 5.10 Å². The third-order valence-corrected chi connectivity index (χ3v) is 2.44. The lowest BCUT2D eigenvalue weighted by Gasteiger charge is -2.15. The molecule has 0 bridgehead atoms. The average Bonchev–Trinajstić information content (AvgIpc) is 2.70. The monoisotopic (exact) mass is 228 g/mol. The second-order valence-electron chi connectivity index (χ2n) is 3.52. The first-order valence-corrected chi connectivity index (χ1v) is 5.38. The molecular weight excluding hydrogens is 208 g/mol. The number of hydrogen-bond acceptors (Lipinski definition) is 5. The normalized spacial score (nSPS) is 12.9. The van der Waals surface area contributed by atoms with Crippen LogP contribution in [0.4, 0.5) is 0 Å². The van der Waals surface area contributed by atoms with E-state index in [0.717, 1.165) is 12.1 Å². The average molecular weight is 228 g/mol. The van der Waals surface area contributed by atoms with Gasteiger partial charge in [-0.3, -0.25) is 4.68 Å². The van der Waals surface area contributed by atoms with Crippen molar-refractivity contribution in [2.75, 3.05) is 34.0 Å². The fourth-order valence-electron chi connectivity index (χ4n) is 1.50. The van der Waals surface area contributed by atoms with E-state index in [1.54, 1.807) is 18.0 Å². The Bertz CT molecular complexity index is 290. The summed E-state index contributed by atoms with van der Waals surface area (Å²) in [4.78, 5) is 0. The summed E-state index contributed by atoms with van der Waals surface area (Å²) in [5.74, 6) is 0. The molecule has 0 aromatic carbocycles. The van der Waals surface area contributed by atoms with Gasteiger partial charge in [-0.25, -0.2) is 0 Å². The van der Waals surface area contributed by atoms with Crippen LogP contribution in [0, 0.1) is 0 Å². The van der Waals surface area contributed by atoms with Crippen LogP contribution in [0.3, 0.4) is 0 Å². The number of ether oxygens (including phenoxy) is 2. The zero-order valence-electron chi connectivity index (χ0n) is 10.1. The quantitative estimate of drug-likeness (QED) is 0.641. The predicted molar refractivity (Wildman–Crippen MR) is 60.1 cm³/mol. The molecule has 0 amide bonds. The van der Waals surface area contributed by atoms with Crippen molar-refractivity contribution in [3.8, 4) is 0 Å². The Labute approximate surface area is 95.9 Å². The summed E-state index contributed by atoms with van der Waals surface area (Å²) in [6, 6.07) is 0.225. The largest absolute Gasteiger partial charge is 0.382 e. The second-order valence-corrected chi connectivity index (χ2v) is 3.52. The molecule has 92 valence electrons. The number of rotatable bonds is 8. The summed E-state index contributed by atoms with van der Waals surface area (Å²) in [6.07, 6.45) is 2.66. The third kappa shape index (κ3) is 3.88. The Morgan fingerprint density at radius 1 is 1.44 bits per heavy atom. The van der Waals surface area contributed by atoms with E-state index >= 15 is 0 Å². The van der Waals surface area contributed by atoms with Crippen LogP contribution in [0.2, 0.25) is 0 Å². The minimum absolute atomic E-state index is 0.225. The van der Waals surface area contributed by atoms with Crippen LogP contribution in [-0.4, -0.2) is 49.0 Å². The maximum absolute atomic E-state index is 5.43. The molecule has 0 saturated heterocycles. The van der Waals surface area contributed by atoms with Gasteiger partial charge < -0.3 is 14.8 Å². The minimum Gasteiger partial charge on any atom is -0.382 e. The number of nitrogens with zero attached hydrogens (tertiary/aromatic N) is 3. The van der Waals surface area contributed by atoms with Gasteiger partial charge in [0.05, 0.1) is 31.1 Å². The molecule has 1 N–H and O–H groups in total. The van der Waals surface area contributed by atoms with Gasteiger partial charge in [0, 0.05) is 20.8 Å². The molecular formula is C10H20N4O2. The van der Waals surface area contributed by atoms with Crippen LogP contribution < -0.4 is 5.32 Å². The van der Waals surface area contributed by atoms with Crippen LogP contribution in [0.15, 0.2) is 6.20 Å². The predicted octanol–water partition coefficient (Wildman–Crippen LogP) is 0.129. The van der Waals surface area contributed by atoms with Crippen molar-refractivity contribution in [2.45, 2.75) is 12.5 Å². The molecule has 16 heavy (non-hydrogen) atoms. The van der Waals surface area contributed by atoms with Crippen LogP contribution in [0.1, 0.15) is 18.2 Å². The fraction of sp³-hybridized carbons (Fsp3) is 0.800. The van der Waals surface area contributed by atoms with E-state index in [1.807, 2.05) is 14.1 Å². The van der Waals surface area contributed by atoms with Crippen molar-refractivity contribution in [1.29, 1.82) is 0 Å². The molecule has 0 aliphatic heterocycles. The van der Waals surface area contributed by atoms with Crippen molar-refractivity contribution in [3.63, 3.8) is 0 Å². The summed E-state index contributed by atoms with van der Waals surface area (Å²) in [5.41, 5.74) is 1.07. The standard InChI is InChI=1S/C10H20N4O2/c1-11-9(4-5-16-7-6-15-3)10-8-12-13-14(10)2/h8-9,11H,4-7H2,1-3H3. The first-order chi connectivity index (χ1) is 7.79. The molecule has 1 aromatic rings. The molecule has 1 aromatic heterocycles. The maximum atomic E-state index is 5.43. The van der Waals surface area contributed by atoms with E-state index in [1.165, 1.54) is 0 Å². The Balaban J connectivity index is 2.30. The van der Waals surface area contributed by atoms with E-state index < -0.39 is 0 Å². The molecule has 1 rings (SSSR count). The fourth-order valence-corrected chi connectivity index (χ4v) is 1.50. The van der Waals surface area contributed by atoms with Gasteiger partial charge in [0.15, 0.2) is 0 Å². The van der Waals surface area contributed by atoms with Gasteiger partial charge >= 0.3 is 0 Å². The molecule has 1 unspecified atom stereocenters. The lowest BCUT2D eigenvalue weighted by Crippen LogP contribution is -2.21. The van der Waals surface area contributed by atoms with E-state index in [-0.39, 0.29) is 6.04 Å². The molecule has 6 nitrogen and oxygen atoms in total. The van der Waals surface area contributed by atoms with Crippen molar-refractivity contribution < 1.29 is 9.47 Å². The molecule has 1 heterocycles. The first-order valence-electron chi connectivity index (χ1n) is 5.38. The van der Waals surface area contributed by atoms with Gasteiger partial charge in [0.2, 0.25) is 0 Å². The van der Waals surface area contributed by atoms with E-state index in [2.05, 4.69) is 15.6 Å². The first kappa shape index (κ1) is 13.1. The Morgan fingerprint density at radius 3 is 2.81 bits per heavy atom. The SMILES string of the molecule is CNC(CCOCCOC)c1cnnn1C. The van der Waals surface area contributed by atoms with E-state index in [0.29, 0.717) is 19.8 Å². The summed E-state index contributed by atoms with van der Waals surface area (Å²) in [6.45, 7) is 1.97. The van der Waals surface area contributed by atoms with Gasteiger partial charge in [0.1, 0.15) is 0 Å². The highest BCUT2D eigenvalue weighted by Gasteiger charge is 2.13. The summed E-state index contributed by atoms with van der Waals surface area (Å²) in [5, 5.41) is 11.0. The molecule has 0 aliphatic rings. The molecule has 0 radical (unpaired) electrons. The Morgan fingerprint density at radius 2 is 2.25 bits per heavy atom. The maximum Gasteiger partial charge on any atom is 0.0754 e. The van der Waals surface area contributed by atoms with Gasteiger partial charge in [-0.05, 0) is 13.5 Å². The van der Waals surface area contributed by atoms with Crippen molar-refractivity contribution in [3.05, 3.63) is 11.9 Å². The summed E-state index contributed by atoms with van der Waals surface area (Å²) in [7, 11) is 5.48. The summed E-state index contributed by atoms with van der Waals surface area (Å²) < 4.78 is 12.1. The molecule has 1 atom stereocenters. The number of hydrogen-bond donors (Lipinski definition) is 1.